The minimum Gasteiger partial charge on any atom is -0.384 e. The topological polar surface area (TPSA) is 84.5 Å². The third-order valence-electron chi connectivity index (χ3n) is 2.72. The van der Waals surface area contributed by atoms with Crippen LogP contribution in [0.1, 0.15) is 15.9 Å². The molecule has 1 amide bonds. The molecule has 118 valence electrons. The third-order valence-corrected chi connectivity index (χ3v) is 4.07. The maximum Gasteiger partial charge on any atom is 0.251 e. The Morgan fingerprint density at radius 2 is 2.05 bits per heavy atom. The van der Waals surface area contributed by atoms with E-state index in [1.807, 2.05) is 0 Å². The van der Waals surface area contributed by atoms with Gasteiger partial charge in [-0.3, -0.25) is 4.79 Å². The van der Waals surface area contributed by atoms with Crippen LogP contribution in [0.15, 0.2) is 18.2 Å². The highest BCUT2D eigenvalue weighted by molar-refractivity contribution is 7.89. The molecule has 21 heavy (non-hydrogen) atoms. The van der Waals surface area contributed by atoms with Crippen LogP contribution in [0.3, 0.4) is 0 Å². The molecular formula is C13H19FN2O4S. The summed E-state index contributed by atoms with van der Waals surface area (Å²) < 4.78 is 43.2. The molecule has 0 aliphatic rings. The largest absolute Gasteiger partial charge is 0.384 e. The van der Waals surface area contributed by atoms with Crippen LogP contribution >= 0.6 is 0 Å². The van der Waals surface area contributed by atoms with Gasteiger partial charge in [-0.05, 0) is 24.6 Å². The smallest absolute Gasteiger partial charge is 0.251 e. The van der Waals surface area contributed by atoms with Gasteiger partial charge in [0.2, 0.25) is 10.0 Å². The van der Waals surface area contributed by atoms with Crippen LogP contribution in [-0.4, -0.2) is 46.9 Å². The van der Waals surface area contributed by atoms with Gasteiger partial charge in [0.15, 0.2) is 0 Å². The van der Waals surface area contributed by atoms with Crippen molar-refractivity contribution in [2.45, 2.75) is 6.92 Å². The highest BCUT2D eigenvalue weighted by Crippen LogP contribution is 2.08. The number of nitrogens with one attached hydrogen (secondary N) is 2. The zero-order valence-electron chi connectivity index (χ0n) is 12.0. The Labute approximate surface area is 123 Å². The zero-order valence-corrected chi connectivity index (χ0v) is 12.8. The molecule has 0 bridgehead atoms. The number of carbonyl (C=O) groups is 1. The summed E-state index contributed by atoms with van der Waals surface area (Å²) in [7, 11) is -1.99. The second-order valence-electron chi connectivity index (χ2n) is 4.43. The molecule has 6 nitrogen and oxygen atoms in total. The summed E-state index contributed by atoms with van der Waals surface area (Å²) in [6.45, 7) is 1.88. The molecular weight excluding hydrogens is 299 g/mol. The number of ether oxygens (including phenoxy) is 1. The number of sulfonamides is 1. The number of halogens is 1. The maximum absolute atomic E-state index is 13.3. The van der Waals surface area contributed by atoms with Crippen LogP contribution in [0.2, 0.25) is 0 Å². The molecule has 8 heteroatoms. The minimum atomic E-state index is -3.40. The molecule has 0 aliphatic heterocycles. The number of carbonyl (C=O) groups excluding carboxylic acids is 1. The van der Waals surface area contributed by atoms with E-state index >= 15 is 0 Å². The standard InChI is InChI=1S/C13H19FN2O4S/c1-10-3-4-11(9-12(10)14)13(17)15-5-6-16-21(18,19)8-7-20-2/h3-4,9,16H,5-8H2,1-2H3,(H,15,17). The predicted octanol–water partition coefficient (Wildman–Crippen LogP) is 0.430. The first-order valence-corrected chi connectivity index (χ1v) is 8.01. The van der Waals surface area contributed by atoms with Crippen LogP contribution in [0, 0.1) is 12.7 Å². The second-order valence-corrected chi connectivity index (χ2v) is 6.35. The maximum atomic E-state index is 13.3. The van der Waals surface area contributed by atoms with Crippen LogP contribution in [0.25, 0.3) is 0 Å². The summed E-state index contributed by atoms with van der Waals surface area (Å²) in [5.74, 6) is -1.05. The van der Waals surface area contributed by atoms with E-state index < -0.39 is 21.7 Å². The van der Waals surface area contributed by atoms with Crippen molar-refractivity contribution in [1.29, 1.82) is 0 Å². The lowest BCUT2D eigenvalue weighted by Gasteiger charge is -2.08. The summed E-state index contributed by atoms with van der Waals surface area (Å²) in [5.41, 5.74) is 0.651. The highest BCUT2D eigenvalue weighted by atomic mass is 32.2. The van der Waals surface area contributed by atoms with E-state index in [-0.39, 0.29) is 31.0 Å². The molecule has 0 heterocycles. The van der Waals surface area contributed by atoms with Crippen molar-refractivity contribution < 1.29 is 22.3 Å². The van der Waals surface area contributed by atoms with Gasteiger partial charge in [-0.1, -0.05) is 6.07 Å². The Hall–Kier alpha value is -1.51. The first-order valence-electron chi connectivity index (χ1n) is 6.36. The van der Waals surface area contributed by atoms with Crippen molar-refractivity contribution in [3.8, 4) is 0 Å². The fraction of sp³-hybridized carbons (Fsp3) is 0.462. The van der Waals surface area contributed by atoms with E-state index in [1.54, 1.807) is 6.92 Å². The van der Waals surface area contributed by atoms with E-state index in [9.17, 15) is 17.6 Å². The van der Waals surface area contributed by atoms with Crippen LogP contribution in [-0.2, 0) is 14.8 Å². The summed E-state index contributed by atoms with van der Waals surface area (Å²) >= 11 is 0. The Bertz CT molecular complexity index is 590. The molecule has 0 saturated carbocycles. The lowest BCUT2D eigenvalue weighted by molar-refractivity contribution is 0.0954. The quantitative estimate of drug-likeness (QED) is 0.681. The van der Waals surface area contributed by atoms with Gasteiger partial charge in [-0.2, -0.15) is 0 Å². The van der Waals surface area contributed by atoms with Gasteiger partial charge in [-0.15, -0.1) is 0 Å². The highest BCUT2D eigenvalue weighted by Gasteiger charge is 2.10. The molecule has 0 saturated heterocycles. The van der Waals surface area contributed by atoms with Crippen molar-refractivity contribution >= 4 is 15.9 Å². The van der Waals surface area contributed by atoms with Crippen LogP contribution < -0.4 is 10.0 Å². The van der Waals surface area contributed by atoms with Gasteiger partial charge in [0.25, 0.3) is 5.91 Å². The van der Waals surface area contributed by atoms with E-state index in [2.05, 4.69) is 14.8 Å². The zero-order chi connectivity index (χ0) is 15.9. The van der Waals surface area contributed by atoms with E-state index in [0.717, 1.165) is 6.07 Å². The molecule has 1 aromatic carbocycles. The molecule has 0 aromatic heterocycles. The summed E-state index contributed by atoms with van der Waals surface area (Å²) in [6, 6.07) is 4.17. The Morgan fingerprint density at radius 3 is 2.67 bits per heavy atom. The van der Waals surface area contributed by atoms with Crippen molar-refractivity contribution in [3.05, 3.63) is 35.1 Å². The number of methoxy groups -OCH3 is 1. The van der Waals surface area contributed by atoms with Gasteiger partial charge < -0.3 is 10.1 Å². The molecule has 2 N–H and O–H groups in total. The van der Waals surface area contributed by atoms with Gasteiger partial charge in [0, 0.05) is 25.8 Å². The van der Waals surface area contributed by atoms with E-state index in [1.165, 1.54) is 19.2 Å². The molecule has 1 rings (SSSR count). The second kappa shape index (κ2) is 8.06. The van der Waals surface area contributed by atoms with E-state index in [4.69, 9.17) is 0 Å². The predicted molar refractivity (Wildman–Crippen MR) is 77.1 cm³/mol. The normalized spacial score (nSPS) is 11.4. The molecule has 0 unspecified atom stereocenters. The van der Waals surface area contributed by atoms with Crippen molar-refractivity contribution in [1.82, 2.24) is 10.0 Å². The van der Waals surface area contributed by atoms with Gasteiger partial charge in [0.05, 0.1) is 12.4 Å². The third kappa shape index (κ3) is 6.19. The Balaban J connectivity index is 2.38. The van der Waals surface area contributed by atoms with Crippen molar-refractivity contribution in [2.75, 3.05) is 32.6 Å². The molecule has 1 aromatic rings. The summed E-state index contributed by atoms with van der Waals surface area (Å²) in [4.78, 5) is 11.7. The average molecular weight is 318 g/mol. The van der Waals surface area contributed by atoms with Gasteiger partial charge >= 0.3 is 0 Å². The molecule has 0 aliphatic carbocycles. The summed E-state index contributed by atoms with van der Waals surface area (Å²) in [6.07, 6.45) is 0. The lowest BCUT2D eigenvalue weighted by atomic mass is 10.1. The Kier molecular flexibility index (Phi) is 6.73. The van der Waals surface area contributed by atoms with Gasteiger partial charge in [0.1, 0.15) is 5.82 Å². The van der Waals surface area contributed by atoms with Crippen molar-refractivity contribution in [2.24, 2.45) is 0 Å². The molecule has 0 radical (unpaired) electrons. The number of hydrogen-bond acceptors (Lipinski definition) is 4. The summed E-state index contributed by atoms with van der Waals surface area (Å²) in [5, 5.41) is 2.51. The number of amides is 1. The fourth-order valence-corrected chi connectivity index (χ4v) is 2.43. The van der Waals surface area contributed by atoms with Gasteiger partial charge in [-0.25, -0.2) is 17.5 Å². The van der Waals surface area contributed by atoms with E-state index in [0.29, 0.717) is 5.56 Å². The number of aryl methyl sites for hydroxylation is 1. The van der Waals surface area contributed by atoms with Crippen LogP contribution in [0.5, 0.6) is 0 Å². The first kappa shape index (κ1) is 17.5. The monoisotopic (exact) mass is 318 g/mol. The average Bonchev–Trinajstić information content (AvgIpc) is 2.44. The molecule has 0 spiro atoms. The fourth-order valence-electron chi connectivity index (χ4n) is 1.48. The van der Waals surface area contributed by atoms with Crippen molar-refractivity contribution in [3.63, 3.8) is 0 Å². The SMILES string of the molecule is COCCS(=O)(=O)NCCNC(=O)c1ccc(C)c(F)c1. The lowest BCUT2D eigenvalue weighted by Crippen LogP contribution is -2.36. The van der Waals surface area contributed by atoms with Crippen LogP contribution in [0.4, 0.5) is 4.39 Å². The minimum absolute atomic E-state index is 0.0616. The Morgan fingerprint density at radius 1 is 1.33 bits per heavy atom. The first-order chi connectivity index (χ1) is 9.85. The number of hydrogen-bond donors (Lipinski definition) is 2. The molecule has 0 fully saturated rings. The molecule has 0 atom stereocenters. The number of benzene rings is 1. The number of rotatable bonds is 8.